The van der Waals surface area contributed by atoms with Gasteiger partial charge in [-0.2, -0.15) is 0 Å². The first-order valence-electron chi connectivity index (χ1n) is 4.73. The molecule has 84 valence electrons. The first kappa shape index (κ1) is 13.6. The summed E-state index contributed by atoms with van der Waals surface area (Å²) in [6.45, 7) is 3.02. The zero-order valence-electron chi connectivity index (χ0n) is 8.72. The van der Waals surface area contributed by atoms with Gasteiger partial charge in [0.1, 0.15) is 0 Å². The second kappa shape index (κ2) is 6.14. The molecule has 0 aromatic carbocycles. The molecule has 0 aliphatic heterocycles. The zero-order valence-corrected chi connectivity index (χ0v) is 8.72. The molecule has 0 aliphatic rings. The van der Waals surface area contributed by atoms with Crippen LogP contribution in [0.15, 0.2) is 12.2 Å². The molecule has 0 aromatic heterocycles. The molecule has 0 radical (unpaired) electrons. The number of aliphatic hydroxyl groups excluding tert-OH is 3. The van der Waals surface area contributed by atoms with Crippen molar-refractivity contribution in [3.05, 3.63) is 12.2 Å². The average molecular weight is 204 g/mol. The standard InChI is InChI=1S/C10H20O4/c1-8(12)6-10(2,14)7-9(13)4-3-5-11/h3-4,8-9,11-14H,5-7H2,1-2H3. The Labute approximate surface area is 84.5 Å². The lowest BCUT2D eigenvalue weighted by Gasteiger charge is -2.26. The van der Waals surface area contributed by atoms with E-state index in [0.717, 1.165) is 0 Å². The molecule has 4 nitrogen and oxygen atoms in total. The quantitative estimate of drug-likeness (QED) is 0.452. The van der Waals surface area contributed by atoms with Crippen molar-refractivity contribution in [3.8, 4) is 0 Å². The topological polar surface area (TPSA) is 80.9 Å². The van der Waals surface area contributed by atoms with Crippen LogP contribution < -0.4 is 0 Å². The monoisotopic (exact) mass is 204 g/mol. The molecule has 0 saturated carbocycles. The molecule has 0 amide bonds. The van der Waals surface area contributed by atoms with Gasteiger partial charge >= 0.3 is 0 Å². The lowest BCUT2D eigenvalue weighted by Crippen LogP contribution is -2.32. The van der Waals surface area contributed by atoms with Crippen LogP contribution in [-0.2, 0) is 0 Å². The van der Waals surface area contributed by atoms with Gasteiger partial charge in [-0.25, -0.2) is 0 Å². The van der Waals surface area contributed by atoms with Gasteiger partial charge in [0, 0.05) is 12.8 Å². The number of hydrogen-bond donors (Lipinski definition) is 4. The van der Waals surface area contributed by atoms with Gasteiger partial charge in [0.2, 0.25) is 0 Å². The van der Waals surface area contributed by atoms with Crippen molar-refractivity contribution in [1.29, 1.82) is 0 Å². The molecule has 0 aromatic rings. The van der Waals surface area contributed by atoms with E-state index in [1.54, 1.807) is 13.8 Å². The summed E-state index contributed by atoms with van der Waals surface area (Å²) >= 11 is 0. The highest BCUT2D eigenvalue weighted by Gasteiger charge is 2.24. The Bertz CT molecular complexity index is 175. The Morgan fingerprint density at radius 1 is 1.29 bits per heavy atom. The predicted molar refractivity (Wildman–Crippen MR) is 53.8 cm³/mol. The summed E-state index contributed by atoms with van der Waals surface area (Å²) in [7, 11) is 0. The van der Waals surface area contributed by atoms with Gasteiger partial charge in [-0.05, 0) is 13.8 Å². The van der Waals surface area contributed by atoms with E-state index in [4.69, 9.17) is 10.2 Å². The normalized spacial score (nSPS) is 20.7. The third kappa shape index (κ3) is 7.03. The van der Waals surface area contributed by atoms with E-state index in [0.29, 0.717) is 0 Å². The molecule has 3 unspecified atom stereocenters. The molecule has 0 heterocycles. The van der Waals surface area contributed by atoms with Crippen molar-refractivity contribution in [2.24, 2.45) is 0 Å². The highest BCUT2D eigenvalue weighted by molar-refractivity contribution is 4.92. The lowest BCUT2D eigenvalue weighted by molar-refractivity contribution is -0.0195. The smallest absolute Gasteiger partial charge is 0.0749 e. The van der Waals surface area contributed by atoms with E-state index in [-0.39, 0.29) is 19.4 Å². The van der Waals surface area contributed by atoms with Crippen molar-refractivity contribution in [2.45, 2.75) is 44.5 Å². The predicted octanol–water partition coefficient (Wildman–Crippen LogP) is -0.192. The summed E-state index contributed by atoms with van der Waals surface area (Å²) in [6, 6.07) is 0. The maximum absolute atomic E-state index is 9.74. The highest BCUT2D eigenvalue weighted by Crippen LogP contribution is 2.19. The maximum Gasteiger partial charge on any atom is 0.0749 e. The van der Waals surface area contributed by atoms with E-state index in [1.807, 2.05) is 0 Å². The summed E-state index contributed by atoms with van der Waals surface area (Å²) in [6.07, 6.45) is 1.82. The van der Waals surface area contributed by atoms with Gasteiger partial charge in [0.25, 0.3) is 0 Å². The molecule has 0 spiro atoms. The van der Waals surface area contributed by atoms with Crippen LogP contribution in [0, 0.1) is 0 Å². The summed E-state index contributed by atoms with van der Waals surface area (Å²) in [4.78, 5) is 0. The molecule has 0 rings (SSSR count). The summed E-state index contributed by atoms with van der Waals surface area (Å²) in [5, 5.41) is 36.7. The van der Waals surface area contributed by atoms with Crippen molar-refractivity contribution < 1.29 is 20.4 Å². The molecule has 0 fully saturated rings. The minimum atomic E-state index is -1.09. The van der Waals surface area contributed by atoms with Gasteiger partial charge in [-0.3, -0.25) is 0 Å². The fraction of sp³-hybridized carbons (Fsp3) is 0.800. The highest BCUT2D eigenvalue weighted by atomic mass is 16.3. The van der Waals surface area contributed by atoms with Crippen LogP contribution in [0.3, 0.4) is 0 Å². The Kier molecular flexibility index (Phi) is 5.95. The minimum Gasteiger partial charge on any atom is -0.393 e. The minimum absolute atomic E-state index is 0.129. The van der Waals surface area contributed by atoms with E-state index in [2.05, 4.69) is 0 Å². The van der Waals surface area contributed by atoms with Crippen LogP contribution in [0.2, 0.25) is 0 Å². The Morgan fingerprint density at radius 2 is 1.86 bits per heavy atom. The summed E-state index contributed by atoms with van der Waals surface area (Å²) in [5.41, 5.74) is -1.09. The molecule has 3 atom stereocenters. The van der Waals surface area contributed by atoms with Crippen molar-refractivity contribution >= 4 is 0 Å². The van der Waals surface area contributed by atoms with E-state index >= 15 is 0 Å². The Balaban J connectivity index is 4.00. The zero-order chi connectivity index (χ0) is 11.2. The van der Waals surface area contributed by atoms with Gasteiger partial charge in [-0.1, -0.05) is 12.2 Å². The first-order chi connectivity index (χ1) is 6.37. The summed E-state index contributed by atoms with van der Waals surface area (Å²) < 4.78 is 0. The largest absolute Gasteiger partial charge is 0.393 e. The van der Waals surface area contributed by atoms with Gasteiger partial charge in [0.15, 0.2) is 0 Å². The SMILES string of the molecule is CC(O)CC(C)(O)CC(O)C=CCO. The third-order valence-electron chi connectivity index (χ3n) is 1.85. The molecule has 14 heavy (non-hydrogen) atoms. The van der Waals surface area contributed by atoms with Gasteiger partial charge < -0.3 is 20.4 Å². The fourth-order valence-corrected chi connectivity index (χ4v) is 1.46. The van der Waals surface area contributed by atoms with Crippen molar-refractivity contribution in [1.82, 2.24) is 0 Å². The number of rotatable bonds is 6. The molecule has 0 saturated heterocycles. The Hall–Kier alpha value is -0.420. The fourth-order valence-electron chi connectivity index (χ4n) is 1.46. The molecule has 0 aliphatic carbocycles. The molecule has 4 N–H and O–H groups in total. The van der Waals surface area contributed by atoms with Crippen molar-refractivity contribution in [3.63, 3.8) is 0 Å². The van der Waals surface area contributed by atoms with Crippen LogP contribution in [0.5, 0.6) is 0 Å². The van der Waals surface area contributed by atoms with Crippen LogP contribution in [0.4, 0.5) is 0 Å². The van der Waals surface area contributed by atoms with E-state index in [9.17, 15) is 10.2 Å². The molecule has 0 bridgehead atoms. The average Bonchev–Trinajstić information content (AvgIpc) is 1.96. The molecular weight excluding hydrogens is 184 g/mol. The van der Waals surface area contributed by atoms with Crippen LogP contribution >= 0.6 is 0 Å². The lowest BCUT2D eigenvalue weighted by atomic mass is 9.92. The van der Waals surface area contributed by atoms with Crippen LogP contribution in [0.1, 0.15) is 26.7 Å². The summed E-state index contributed by atoms with van der Waals surface area (Å²) in [5.74, 6) is 0. The van der Waals surface area contributed by atoms with Crippen LogP contribution in [0.25, 0.3) is 0 Å². The van der Waals surface area contributed by atoms with E-state index < -0.39 is 17.8 Å². The van der Waals surface area contributed by atoms with Crippen LogP contribution in [-0.4, -0.2) is 44.8 Å². The van der Waals surface area contributed by atoms with E-state index in [1.165, 1.54) is 12.2 Å². The van der Waals surface area contributed by atoms with Gasteiger partial charge in [-0.15, -0.1) is 0 Å². The second-order valence-electron chi connectivity index (χ2n) is 3.93. The Morgan fingerprint density at radius 3 is 2.29 bits per heavy atom. The second-order valence-corrected chi connectivity index (χ2v) is 3.93. The number of hydrogen-bond acceptors (Lipinski definition) is 4. The number of aliphatic hydroxyl groups is 4. The maximum atomic E-state index is 9.74. The first-order valence-corrected chi connectivity index (χ1v) is 4.73. The molecular formula is C10H20O4. The molecule has 4 heteroatoms. The van der Waals surface area contributed by atoms with Crippen molar-refractivity contribution in [2.75, 3.05) is 6.61 Å². The van der Waals surface area contributed by atoms with Gasteiger partial charge in [0.05, 0.1) is 24.4 Å². The third-order valence-corrected chi connectivity index (χ3v) is 1.85.